The summed E-state index contributed by atoms with van der Waals surface area (Å²) in [5, 5.41) is 20.4. The molecule has 17 heavy (non-hydrogen) atoms. The number of Topliss-reactive ketones (excluding diaryl/α,β-unsaturated/α-hetero) is 1. The highest BCUT2D eigenvalue weighted by molar-refractivity contribution is 5.98. The highest BCUT2D eigenvalue weighted by Gasteiger charge is 2.23. The first-order valence-corrected chi connectivity index (χ1v) is 5.25. The van der Waals surface area contributed by atoms with Crippen molar-refractivity contribution >= 4 is 11.5 Å². The van der Waals surface area contributed by atoms with E-state index in [4.69, 9.17) is 0 Å². The van der Waals surface area contributed by atoms with E-state index in [1.807, 2.05) is 0 Å². The van der Waals surface area contributed by atoms with Gasteiger partial charge in [-0.25, -0.2) is 0 Å². The molecule has 0 radical (unpaired) electrons. The fourth-order valence-corrected chi connectivity index (χ4v) is 1.84. The standard InChI is InChI=1S/C12H11NO4/c14-11-3-1-2-10(11)12(15)8-4-6-9(7-5-8)13(16)17/h2,4-7,12,15H,1,3H2/t12-/m0/s1. The van der Waals surface area contributed by atoms with Crippen LogP contribution in [-0.4, -0.2) is 15.8 Å². The molecule has 5 nitrogen and oxygen atoms in total. The van der Waals surface area contributed by atoms with Crippen molar-refractivity contribution in [1.29, 1.82) is 0 Å². The topological polar surface area (TPSA) is 80.4 Å². The molecule has 88 valence electrons. The number of non-ortho nitro benzene ring substituents is 1. The number of nitro groups is 1. The van der Waals surface area contributed by atoms with Crippen molar-refractivity contribution in [3.05, 3.63) is 51.6 Å². The summed E-state index contributed by atoms with van der Waals surface area (Å²) in [7, 11) is 0. The second-order valence-corrected chi connectivity index (χ2v) is 3.87. The van der Waals surface area contributed by atoms with E-state index in [9.17, 15) is 20.0 Å². The van der Waals surface area contributed by atoms with Gasteiger partial charge in [-0.1, -0.05) is 6.08 Å². The lowest BCUT2D eigenvalue weighted by Crippen LogP contribution is -2.07. The van der Waals surface area contributed by atoms with Crippen molar-refractivity contribution in [2.45, 2.75) is 18.9 Å². The third-order valence-electron chi connectivity index (χ3n) is 2.77. The first-order chi connectivity index (χ1) is 8.09. The van der Waals surface area contributed by atoms with Gasteiger partial charge in [0.15, 0.2) is 5.78 Å². The van der Waals surface area contributed by atoms with Gasteiger partial charge in [-0.15, -0.1) is 0 Å². The van der Waals surface area contributed by atoms with Crippen LogP contribution in [0.25, 0.3) is 0 Å². The minimum atomic E-state index is -0.981. The summed E-state index contributed by atoms with van der Waals surface area (Å²) < 4.78 is 0. The Kier molecular flexibility index (Phi) is 3.01. The fourth-order valence-electron chi connectivity index (χ4n) is 1.84. The molecule has 0 fully saturated rings. The number of carbonyl (C=O) groups is 1. The smallest absolute Gasteiger partial charge is 0.269 e. The van der Waals surface area contributed by atoms with E-state index in [0.29, 0.717) is 24.0 Å². The largest absolute Gasteiger partial charge is 0.384 e. The van der Waals surface area contributed by atoms with Crippen molar-refractivity contribution < 1.29 is 14.8 Å². The van der Waals surface area contributed by atoms with Crippen molar-refractivity contribution in [2.75, 3.05) is 0 Å². The van der Waals surface area contributed by atoms with E-state index in [0.717, 1.165) is 0 Å². The van der Waals surface area contributed by atoms with Crippen LogP contribution in [0.15, 0.2) is 35.9 Å². The molecule has 0 unspecified atom stereocenters. The number of allylic oxidation sites excluding steroid dienone is 1. The van der Waals surface area contributed by atoms with Crippen molar-refractivity contribution in [2.24, 2.45) is 0 Å². The predicted molar refractivity (Wildman–Crippen MR) is 60.4 cm³/mol. The van der Waals surface area contributed by atoms with E-state index in [1.54, 1.807) is 6.08 Å². The van der Waals surface area contributed by atoms with Gasteiger partial charge in [-0.05, 0) is 24.1 Å². The van der Waals surface area contributed by atoms with Crippen LogP contribution in [0.5, 0.6) is 0 Å². The minimum Gasteiger partial charge on any atom is -0.384 e. The molecule has 0 aromatic heterocycles. The number of hydrogen-bond acceptors (Lipinski definition) is 4. The highest BCUT2D eigenvalue weighted by atomic mass is 16.6. The Bertz CT molecular complexity index is 490. The molecular formula is C12H11NO4. The molecule has 0 saturated carbocycles. The molecule has 1 N–H and O–H groups in total. The summed E-state index contributed by atoms with van der Waals surface area (Å²) in [4.78, 5) is 21.4. The molecule has 0 bridgehead atoms. The average Bonchev–Trinajstić information content (AvgIpc) is 2.74. The lowest BCUT2D eigenvalue weighted by atomic mass is 10.0. The molecule has 0 aliphatic heterocycles. The Morgan fingerprint density at radius 3 is 2.41 bits per heavy atom. The second-order valence-electron chi connectivity index (χ2n) is 3.87. The second kappa shape index (κ2) is 4.47. The molecule has 0 spiro atoms. The number of ketones is 1. The zero-order valence-electron chi connectivity index (χ0n) is 9.00. The molecule has 5 heteroatoms. The maximum absolute atomic E-state index is 11.4. The number of nitrogens with zero attached hydrogens (tertiary/aromatic N) is 1. The number of rotatable bonds is 3. The van der Waals surface area contributed by atoms with Gasteiger partial charge in [0.05, 0.1) is 4.92 Å². The molecule has 1 aromatic carbocycles. The van der Waals surface area contributed by atoms with Crippen LogP contribution in [0.1, 0.15) is 24.5 Å². The molecule has 0 saturated heterocycles. The van der Waals surface area contributed by atoms with Gasteiger partial charge in [0.25, 0.3) is 5.69 Å². The SMILES string of the molecule is O=C1CCC=C1[C@@H](O)c1ccc([N+](=O)[O-])cc1. The van der Waals surface area contributed by atoms with Crippen LogP contribution in [0.3, 0.4) is 0 Å². The van der Waals surface area contributed by atoms with Crippen LogP contribution < -0.4 is 0 Å². The highest BCUT2D eigenvalue weighted by Crippen LogP contribution is 2.28. The Morgan fingerprint density at radius 1 is 1.29 bits per heavy atom. The Labute approximate surface area is 97.5 Å². The Morgan fingerprint density at radius 2 is 1.94 bits per heavy atom. The van der Waals surface area contributed by atoms with Crippen LogP contribution in [-0.2, 0) is 4.79 Å². The van der Waals surface area contributed by atoms with Crippen molar-refractivity contribution in [3.63, 3.8) is 0 Å². The van der Waals surface area contributed by atoms with Crippen LogP contribution >= 0.6 is 0 Å². The van der Waals surface area contributed by atoms with E-state index >= 15 is 0 Å². The summed E-state index contributed by atoms with van der Waals surface area (Å²) in [5.74, 6) is -0.0594. The number of carbonyl (C=O) groups excluding carboxylic acids is 1. The molecule has 0 heterocycles. The molecular weight excluding hydrogens is 222 g/mol. The maximum atomic E-state index is 11.4. The molecule has 1 aromatic rings. The van der Waals surface area contributed by atoms with Crippen LogP contribution in [0.4, 0.5) is 5.69 Å². The summed E-state index contributed by atoms with van der Waals surface area (Å²) in [6, 6.07) is 5.57. The summed E-state index contributed by atoms with van der Waals surface area (Å²) >= 11 is 0. The fraction of sp³-hybridized carbons (Fsp3) is 0.250. The Hall–Kier alpha value is -2.01. The minimum absolute atomic E-state index is 0.0346. The van der Waals surface area contributed by atoms with E-state index in [-0.39, 0.29) is 11.5 Å². The first-order valence-electron chi connectivity index (χ1n) is 5.25. The van der Waals surface area contributed by atoms with Gasteiger partial charge in [0.1, 0.15) is 6.10 Å². The van der Waals surface area contributed by atoms with E-state index in [1.165, 1.54) is 24.3 Å². The maximum Gasteiger partial charge on any atom is 0.269 e. The molecule has 1 aliphatic rings. The summed E-state index contributed by atoms with van der Waals surface area (Å²) in [6.07, 6.45) is 1.82. The van der Waals surface area contributed by atoms with Gasteiger partial charge in [0.2, 0.25) is 0 Å². The normalized spacial score (nSPS) is 16.8. The van der Waals surface area contributed by atoms with E-state index < -0.39 is 11.0 Å². The van der Waals surface area contributed by atoms with Crippen molar-refractivity contribution in [3.8, 4) is 0 Å². The molecule has 1 aliphatic carbocycles. The number of aliphatic hydroxyl groups is 1. The van der Waals surface area contributed by atoms with Gasteiger partial charge >= 0.3 is 0 Å². The van der Waals surface area contributed by atoms with Crippen molar-refractivity contribution in [1.82, 2.24) is 0 Å². The van der Waals surface area contributed by atoms with Gasteiger partial charge in [-0.3, -0.25) is 14.9 Å². The number of nitro benzene ring substituents is 1. The first kappa shape index (κ1) is 11.5. The number of benzene rings is 1. The zero-order valence-corrected chi connectivity index (χ0v) is 9.00. The van der Waals surface area contributed by atoms with Gasteiger partial charge < -0.3 is 5.11 Å². The van der Waals surface area contributed by atoms with E-state index in [2.05, 4.69) is 0 Å². The molecule has 0 amide bonds. The van der Waals surface area contributed by atoms with Gasteiger partial charge in [-0.2, -0.15) is 0 Å². The third-order valence-corrected chi connectivity index (χ3v) is 2.77. The predicted octanol–water partition coefficient (Wildman–Crippen LogP) is 1.92. The van der Waals surface area contributed by atoms with Crippen LogP contribution in [0, 0.1) is 10.1 Å². The lowest BCUT2D eigenvalue weighted by molar-refractivity contribution is -0.384. The summed E-state index contributed by atoms with van der Waals surface area (Å²) in [5.41, 5.74) is 0.851. The average molecular weight is 233 g/mol. The van der Waals surface area contributed by atoms with Crippen LogP contribution in [0.2, 0.25) is 0 Å². The number of aliphatic hydroxyl groups excluding tert-OH is 1. The number of hydrogen-bond donors (Lipinski definition) is 1. The zero-order chi connectivity index (χ0) is 12.4. The lowest BCUT2D eigenvalue weighted by Gasteiger charge is -2.10. The monoisotopic (exact) mass is 233 g/mol. The molecule has 2 rings (SSSR count). The quantitative estimate of drug-likeness (QED) is 0.638. The Balaban J connectivity index is 2.23. The third kappa shape index (κ3) is 2.24. The molecule has 1 atom stereocenters. The van der Waals surface area contributed by atoms with Gasteiger partial charge in [0, 0.05) is 24.1 Å². The summed E-state index contributed by atoms with van der Waals surface area (Å²) in [6.45, 7) is 0.